The van der Waals surface area contributed by atoms with Crippen LogP contribution in [-0.2, 0) is 45.3 Å². The van der Waals surface area contributed by atoms with Gasteiger partial charge in [0.15, 0.2) is 0 Å². The Morgan fingerprint density at radius 1 is 0.536 bits per heavy atom. The van der Waals surface area contributed by atoms with E-state index in [4.69, 9.17) is 0 Å². The van der Waals surface area contributed by atoms with E-state index in [0.29, 0.717) is 0 Å². The van der Waals surface area contributed by atoms with Gasteiger partial charge in [-0.3, -0.25) is 0 Å². The average molecular weight is 458 g/mol. The second-order valence-electron chi connectivity index (χ2n) is 6.42. The van der Waals surface area contributed by atoms with Crippen molar-refractivity contribution < 1.29 is 44.4 Å². The van der Waals surface area contributed by atoms with Gasteiger partial charge in [-0.25, -0.2) is 48.5 Å². The van der Waals surface area contributed by atoms with Gasteiger partial charge in [-0.15, -0.1) is 11.1 Å². The Balaban J connectivity index is 0.000000500. The van der Waals surface area contributed by atoms with Crippen molar-refractivity contribution in [2.75, 3.05) is 0 Å². The van der Waals surface area contributed by atoms with Gasteiger partial charge in [-0.2, -0.15) is 60.7 Å². The van der Waals surface area contributed by atoms with Crippen LogP contribution in [0.2, 0.25) is 0 Å². The minimum Gasteiger partial charge on any atom is -0.396 e. The third-order valence-corrected chi connectivity index (χ3v) is 4.51. The summed E-state index contributed by atoms with van der Waals surface area (Å²) in [7, 11) is 0. The summed E-state index contributed by atoms with van der Waals surface area (Å²) < 4.78 is 0. The van der Waals surface area contributed by atoms with Crippen LogP contribution in [0.15, 0.2) is 109 Å². The van der Waals surface area contributed by atoms with Crippen LogP contribution < -0.4 is 0 Å². The molecule has 2 nitrogen and oxygen atoms in total. The molecule has 0 saturated carbocycles. The van der Waals surface area contributed by atoms with Crippen LogP contribution in [0.3, 0.4) is 0 Å². The Bertz CT molecular complexity index is 674. The topological polar surface area (TPSA) is 40.5 Å². The molecular weight excluding hydrogens is 432 g/mol. The standard InChI is InChI=1S/C14H16O2.2C5H5.2Fe/c1-13(15,11-7-3-4-8-11)14(2,16)12-9-5-6-10-12;2*1-2-4-5-3-1;;/h3-10,15-16H,1-2H3;2*1-5H;;/q-2;2*-1;2*+2. The molecule has 0 aliphatic rings. The molecule has 4 heteroatoms. The summed E-state index contributed by atoms with van der Waals surface area (Å²) >= 11 is 0. The fourth-order valence-corrected chi connectivity index (χ4v) is 2.60. The zero-order chi connectivity index (χ0) is 18.9. The molecule has 2 unspecified atom stereocenters. The monoisotopic (exact) mass is 458 g/mol. The van der Waals surface area contributed by atoms with E-state index in [1.807, 2.05) is 109 Å². The maximum Gasteiger partial charge on any atom is 2.00 e. The number of aliphatic hydroxyl groups is 2. The number of hydrogen-bond donors (Lipinski definition) is 2. The molecule has 0 aliphatic heterocycles. The first-order chi connectivity index (χ1) is 12.5. The second kappa shape index (κ2) is 12.7. The van der Waals surface area contributed by atoms with Crippen molar-refractivity contribution in [3.05, 3.63) is 120 Å². The molecule has 0 heterocycles. The fourth-order valence-electron chi connectivity index (χ4n) is 2.60. The van der Waals surface area contributed by atoms with Crippen LogP contribution in [0.5, 0.6) is 0 Å². The molecule has 0 bridgehead atoms. The van der Waals surface area contributed by atoms with Gasteiger partial charge in [0.25, 0.3) is 0 Å². The Labute approximate surface area is 189 Å². The van der Waals surface area contributed by atoms with Crippen molar-refractivity contribution in [3.8, 4) is 0 Å². The van der Waals surface area contributed by atoms with Crippen LogP contribution in [0.25, 0.3) is 0 Å². The number of rotatable bonds is 3. The van der Waals surface area contributed by atoms with Gasteiger partial charge in [0.2, 0.25) is 0 Å². The minimum atomic E-state index is -1.30. The van der Waals surface area contributed by atoms with E-state index in [1.165, 1.54) is 0 Å². The third kappa shape index (κ3) is 7.07. The molecule has 2 N–H and O–H groups in total. The summed E-state index contributed by atoms with van der Waals surface area (Å²) in [6, 6.07) is 34.7. The normalized spacial score (nSPS) is 13.7. The Kier molecular flexibility index (Phi) is 12.0. The average Bonchev–Trinajstić information content (AvgIpc) is 3.48. The van der Waals surface area contributed by atoms with Gasteiger partial charge in [-0.1, -0.05) is 0 Å². The first kappa shape index (κ1) is 26.4. The van der Waals surface area contributed by atoms with Gasteiger partial charge < -0.3 is 10.2 Å². The second-order valence-corrected chi connectivity index (χ2v) is 6.42. The molecule has 0 saturated heterocycles. The maximum absolute atomic E-state index is 10.5. The zero-order valence-corrected chi connectivity index (χ0v) is 18.2. The molecule has 4 rings (SSSR count). The van der Waals surface area contributed by atoms with Crippen molar-refractivity contribution in [1.82, 2.24) is 0 Å². The van der Waals surface area contributed by atoms with Crippen molar-refractivity contribution in [2.45, 2.75) is 25.0 Å². The smallest absolute Gasteiger partial charge is 0.396 e. The predicted molar refractivity (Wildman–Crippen MR) is 107 cm³/mol. The Morgan fingerprint density at radius 2 is 0.786 bits per heavy atom. The third-order valence-electron chi connectivity index (χ3n) is 4.51. The van der Waals surface area contributed by atoms with E-state index in [1.54, 1.807) is 13.8 Å². The van der Waals surface area contributed by atoms with Crippen LogP contribution in [0.4, 0.5) is 0 Å². The van der Waals surface area contributed by atoms with Gasteiger partial charge >= 0.3 is 34.1 Å². The van der Waals surface area contributed by atoms with E-state index in [9.17, 15) is 10.2 Å². The van der Waals surface area contributed by atoms with Crippen molar-refractivity contribution in [2.24, 2.45) is 0 Å². The molecule has 0 aliphatic carbocycles. The molecule has 0 amide bonds. The van der Waals surface area contributed by atoms with Crippen LogP contribution in [0, 0.1) is 0 Å². The van der Waals surface area contributed by atoms with E-state index in [0.717, 1.165) is 11.1 Å². The molecule has 0 fully saturated rings. The Morgan fingerprint density at radius 3 is 0.964 bits per heavy atom. The summed E-state index contributed by atoms with van der Waals surface area (Å²) in [5, 5.41) is 21.0. The molecule has 4 aromatic rings. The largest absolute Gasteiger partial charge is 2.00 e. The maximum atomic E-state index is 10.5. The summed E-state index contributed by atoms with van der Waals surface area (Å²) in [5.41, 5.74) is -1.16. The van der Waals surface area contributed by atoms with E-state index < -0.39 is 11.2 Å². The first-order valence-corrected chi connectivity index (χ1v) is 8.69. The van der Waals surface area contributed by atoms with Crippen molar-refractivity contribution in [1.29, 1.82) is 0 Å². The van der Waals surface area contributed by atoms with Gasteiger partial charge in [0.05, 0.1) is 11.2 Å². The fraction of sp³-hybridized carbons (Fsp3) is 0.167. The van der Waals surface area contributed by atoms with Crippen LogP contribution in [-0.4, -0.2) is 10.2 Å². The summed E-state index contributed by atoms with van der Waals surface area (Å²) in [6.07, 6.45) is 0. The Hall–Kier alpha value is -1.64. The molecule has 0 spiro atoms. The van der Waals surface area contributed by atoms with E-state index in [2.05, 4.69) is 0 Å². The van der Waals surface area contributed by atoms with E-state index >= 15 is 0 Å². The molecule has 150 valence electrons. The molecule has 4 aromatic carbocycles. The molecule has 0 aromatic heterocycles. The van der Waals surface area contributed by atoms with E-state index in [-0.39, 0.29) is 34.1 Å². The SMILES string of the molecule is CC(O)([c-]1cccc1)C(C)(O)[c-]1cccc1.[Fe+2].[Fe+2].c1cc[cH-]c1.c1cc[cH-]c1. The van der Waals surface area contributed by atoms with Gasteiger partial charge in [-0.05, 0) is 13.8 Å². The predicted octanol–water partition coefficient (Wildman–Crippen LogP) is 5.05. The summed E-state index contributed by atoms with van der Waals surface area (Å²) in [4.78, 5) is 0. The van der Waals surface area contributed by atoms with Crippen molar-refractivity contribution in [3.63, 3.8) is 0 Å². The van der Waals surface area contributed by atoms with Crippen molar-refractivity contribution >= 4 is 0 Å². The minimum absolute atomic E-state index is 0. The molecule has 28 heavy (non-hydrogen) atoms. The molecule has 0 radical (unpaired) electrons. The quantitative estimate of drug-likeness (QED) is 0.334. The summed E-state index contributed by atoms with van der Waals surface area (Å²) in [6.45, 7) is 3.27. The van der Waals surface area contributed by atoms with Crippen LogP contribution in [0.1, 0.15) is 25.0 Å². The van der Waals surface area contributed by atoms with Gasteiger partial charge in [0, 0.05) is 0 Å². The van der Waals surface area contributed by atoms with Gasteiger partial charge in [0.1, 0.15) is 0 Å². The summed E-state index contributed by atoms with van der Waals surface area (Å²) in [5.74, 6) is 0. The molecule has 2 atom stereocenters. The number of hydrogen-bond acceptors (Lipinski definition) is 2. The van der Waals surface area contributed by atoms with Crippen LogP contribution >= 0.6 is 0 Å². The first-order valence-electron chi connectivity index (χ1n) is 8.69. The zero-order valence-electron chi connectivity index (χ0n) is 16.0. The molecular formula is C24H26Fe2O2.